The summed E-state index contributed by atoms with van der Waals surface area (Å²) in [5, 5.41) is 6.79. The van der Waals surface area contributed by atoms with E-state index in [-0.39, 0.29) is 5.91 Å². The number of benzene rings is 1. The van der Waals surface area contributed by atoms with E-state index in [9.17, 15) is 4.79 Å². The molecule has 1 aliphatic rings. The van der Waals surface area contributed by atoms with Crippen LogP contribution >= 0.6 is 11.6 Å². The largest absolute Gasteiger partial charge is 0.324 e. The lowest BCUT2D eigenvalue weighted by Gasteiger charge is -2.23. The number of hydrogen-bond acceptors (Lipinski definition) is 2. The summed E-state index contributed by atoms with van der Waals surface area (Å²) in [6.07, 6.45) is 1.93. The third-order valence-corrected chi connectivity index (χ3v) is 3.22. The number of nitrogens with one attached hydrogen (secondary N) is 2. The molecular weight excluding hydrogens is 224 g/mol. The Bertz CT molecular complexity index is 383. The monoisotopic (exact) mass is 238 g/mol. The lowest BCUT2D eigenvalue weighted by atomic mass is 9.99. The molecule has 1 aromatic carbocycles. The Balaban J connectivity index is 2.04. The molecule has 0 aliphatic carbocycles. The maximum absolute atomic E-state index is 12.0. The predicted octanol–water partition coefficient (Wildman–Crippen LogP) is 2.42. The van der Waals surface area contributed by atoms with Crippen LogP contribution in [0.25, 0.3) is 0 Å². The molecule has 0 aromatic heterocycles. The van der Waals surface area contributed by atoms with Crippen molar-refractivity contribution >= 4 is 23.2 Å². The summed E-state index contributed by atoms with van der Waals surface area (Å²) in [5.41, 5.74) is 0.351. The van der Waals surface area contributed by atoms with Gasteiger partial charge < -0.3 is 10.6 Å². The van der Waals surface area contributed by atoms with E-state index in [1.54, 1.807) is 24.3 Å². The topological polar surface area (TPSA) is 41.1 Å². The fourth-order valence-electron chi connectivity index (χ4n) is 1.89. The highest BCUT2D eigenvalue weighted by molar-refractivity contribution is 6.30. The summed E-state index contributed by atoms with van der Waals surface area (Å²) >= 11 is 5.78. The SMILES string of the molecule is CC1(C(=O)Nc2ccc(Cl)cc2)CCCN1. The van der Waals surface area contributed by atoms with Crippen molar-refractivity contribution in [3.05, 3.63) is 29.3 Å². The normalized spacial score (nSPS) is 24.4. The van der Waals surface area contributed by atoms with Crippen LogP contribution in [0.4, 0.5) is 5.69 Å². The number of halogens is 1. The summed E-state index contributed by atoms with van der Waals surface area (Å²) in [6, 6.07) is 7.14. The third-order valence-electron chi connectivity index (χ3n) is 2.97. The lowest BCUT2D eigenvalue weighted by molar-refractivity contribution is -0.121. The van der Waals surface area contributed by atoms with Gasteiger partial charge in [-0.25, -0.2) is 0 Å². The van der Waals surface area contributed by atoms with E-state index in [1.807, 2.05) is 6.92 Å². The van der Waals surface area contributed by atoms with Gasteiger partial charge in [-0.15, -0.1) is 0 Å². The molecule has 0 bridgehead atoms. The Hall–Kier alpha value is -1.06. The minimum atomic E-state index is -0.431. The number of hydrogen-bond donors (Lipinski definition) is 2. The van der Waals surface area contributed by atoms with Crippen molar-refractivity contribution < 1.29 is 4.79 Å². The first-order valence-electron chi connectivity index (χ1n) is 5.42. The Kier molecular flexibility index (Phi) is 3.17. The van der Waals surface area contributed by atoms with Gasteiger partial charge in [0.25, 0.3) is 0 Å². The minimum Gasteiger partial charge on any atom is -0.324 e. The quantitative estimate of drug-likeness (QED) is 0.831. The Morgan fingerprint density at radius 2 is 2.12 bits per heavy atom. The number of carbonyl (C=O) groups excluding carboxylic acids is 1. The molecule has 1 saturated heterocycles. The molecule has 0 radical (unpaired) electrons. The van der Waals surface area contributed by atoms with Crippen LogP contribution in [0.3, 0.4) is 0 Å². The van der Waals surface area contributed by atoms with E-state index >= 15 is 0 Å². The predicted molar refractivity (Wildman–Crippen MR) is 65.7 cm³/mol. The number of amides is 1. The van der Waals surface area contributed by atoms with Crippen molar-refractivity contribution in [2.75, 3.05) is 11.9 Å². The maximum Gasteiger partial charge on any atom is 0.244 e. The van der Waals surface area contributed by atoms with Gasteiger partial charge in [-0.2, -0.15) is 0 Å². The molecule has 1 aromatic rings. The molecule has 0 spiro atoms. The van der Waals surface area contributed by atoms with E-state index in [0.717, 1.165) is 25.1 Å². The van der Waals surface area contributed by atoms with Crippen molar-refractivity contribution in [2.45, 2.75) is 25.3 Å². The molecule has 2 rings (SSSR count). The molecule has 1 fully saturated rings. The van der Waals surface area contributed by atoms with E-state index in [2.05, 4.69) is 10.6 Å². The summed E-state index contributed by atoms with van der Waals surface area (Å²) in [5.74, 6) is 0.0207. The average Bonchev–Trinajstić information content (AvgIpc) is 2.70. The molecule has 1 aliphatic heterocycles. The number of rotatable bonds is 2. The van der Waals surface area contributed by atoms with Crippen LogP contribution in [-0.2, 0) is 4.79 Å². The highest BCUT2D eigenvalue weighted by atomic mass is 35.5. The van der Waals surface area contributed by atoms with Gasteiger partial charge in [0.1, 0.15) is 0 Å². The van der Waals surface area contributed by atoms with Gasteiger partial charge in [0, 0.05) is 10.7 Å². The van der Waals surface area contributed by atoms with Gasteiger partial charge in [-0.05, 0) is 50.6 Å². The van der Waals surface area contributed by atoms with Crippen molar-refractivity contribution in [1.82, 2.24) is 5.32 Å². The van der Waals surface area contributed by atoms with Crippen LogP contribution in [0, 0.1) is 0 Å². The fourth-order valence-corrected chi connectivity index (χ4v) is 2.02. The van der Waals surface area contributed by atoms with Crippen LogP contribution in [0.15, 0.2) is 24.3 Å². The van der Waals surface area contributed by atoms with E-state index in [1.165, 1.54) is 0 Å². The van der Waals surface area contributed by atoms with Crippen molar-refractivity contribution in [1.29, 1.82) is 0 Å². The van der Waals surface area contributed by atoms with Crippen LogP contribution in [0.2, 0.25) is 5.02 Å². The zero-order valence-corrected chi connectivity index (χ0v) is 9.97. The van der Waals surface area contributed by atoms with Crippen LogP contribution in [0.5, 0.6) is 0 Å². The third kappa shape index (κ3) is 2.36. The molecule has 16 heavy (non-hydrogen) atoms. The molecule has 1 amide bonds. The first-order chi connectivity index (χ1) is 7.60. The van der Waals surface area contributed by atoms with Gasteiger partial charge in [-0.1, -0.05) is 11.6 Å². The summed E-state index contributed by atoms with van der Waals surface area (Å²) in [6.45, 7) is 2.84. The molecule has 2 N–H and O–H groups in total. The maximum atomic E-state index is 12.0. The second kappa shape index (κ2) is 4.44. The average molecular weight is 239 g/mol. The lowest BCUT2D eigenvalue weighted by Crippen LogP contribution is -2.47. The van der Waals surface area contributed by atoms with Crippen molar-refractivity contribution in [3.8, 4) is 0 Å². The number of carbonyl (C=O) groups is 1. The highest BCUT2D eigenvalue weighted by Gasteiger charge is 2.35. The smallest absolute Gasteiger partial charge is 0.244 e. The molecule has 86 valence electrons. The molecule has 1 atom stereocenters. The summed E-state index contributed by atoms with van der Waals surface area (Å²) < 4.78 is 0. The first kappa shape index (κ1) is 11.4. The van der Waals surface area contributed by atoms with Gasteiger partial charge in [0.2, 0.25) is 5.91 Å². The van der Waals surface area contributed by atoms with Gasteiger partial charge in [-0.3, -0.25) is 4.79 Å². The van der Waals surface area contributed by atoms with Gasteiger partial charge >= 0.3 is 0 Å². The van der Waals surface area contributed by atoms with Crippen LogP contribution in [0.1, 0.15) is 19.8 Å². The molecule has 1 unspecified atom stereocenters. The van der Waals surface area contributed by atoms with Gasteiger partial charge in [0.15, 0.2) is 0 Å². The highest BCUT2D eigenvalue weighted by Crippen LogP contribution is 2.21. The van der Waals surface area contributed by atoms with Crippen molar-refractivity contribution in [3.63, 3.8) is 0 Å². The molecular formula is C12H15ClN2O. The minimum absolute atomic E-state index is 0.0207. The standard InChI is InChI=1S/C12H15ClN2O/c1-12(7-2-8-14-12)11(16)15-10-5-3-9(13)4-6-10/h3-6,14H,2,7-8H2,1H3,(H,15,16). The van der Waals surface area contributed by atoms with E-state index in [4.69, 9.17) is 11.6 Å². The van der Waals surface area contributed by atoms with Gasteiger partial charge in [0.05, 0.1) is 5.54 Å². The summed E-state index contributed by atoms with van der Waals surface area (Å²) in [7, 11) is 0. The van der Waals surface area contributed by atoms with Crippen molar-refractivity contribution in [2.24, 2.45) is 0 Å². The number of anilines is 1. The Labute approximate surface area is 100 Å². The molecule has 1 heterocycles. The fraction of sp³-hybridized carbons (Fsp3) is 0.417. The van der Waals surface area contributed by atoms with Crippen LogP contribution in [-0.4, -0.2) is 18.0 Å². The zero-order chi connectivity index (χ0) is 11.6. The molecule has 4 heteroatoms. The first-order valence-corrected chi connectivity index (χ1v) is 5.80. The Morgan fingerprint density at radius 1 is 1.44 bits per heavy atom. The van der Waals surface area contributed by atoms with E-state index in [0.29, 0.717) is 5.02 Å². The zero-order valence-electron chi connectivity index (χ0n) is 9.22. The molecule has 0 saturated carbocycles. The second-order valence-corrected chi connectivity index (χ2v) is 4.76. The van der Waals surface area contributed by atoms with Crippen LogP contribution < -0.4 is 10.6 Å². The Morgan fingerprint density at radius 3 is 2.69 bits per heavy atom. The summed E-state index contributed by atoms with van der Waals surface area (Å²) in [4.78, 5) is 12.0. The second-order valence-electron chi connectivity index (χ2n) is 4.32. The van der Waals surface area contributed by atoms with E-state index < -0.39 is 5.54 Å². The molecule has 3 nitrogen and oxygen atoms in total.